The molecule has 3 amide bonds. The van der Waals surface area contributed by atoms with Gasteiger partial charge in [-0.3, -0.25) is 19.7 Å². The van der Waals surface area contributed by atoms with Gasteiger partial charge in [-0.1, -0.05) is 53.5 Å². The van der Waals surface area contributed by atoms with Crippen LogP contribution >= 0.6 is 35.0 Å². The number of alkyl halides is 3. The summed E-state index contributed by atoms with van der Waals surface area (Å²) >= 11 is 13.9. The number of nitrogens with one attached hydrogen (secondary N) is 1. The summed E-state index contributed by atoms with van der Waals surface area (Å²) in [6.45, 7) is 0.127. The molecule has 1 N–H and O–H groups in total. The van der Waals surface area contributed by atoms with Crippen molar-refractivity contribution in [1.82, 2.24) is 5.32 Å². The number of carbonyl (C=O) groups is 3. The van der Waals surface area contributed by atoms with Crippen molar-refractivity contribution < 1.29 is 27.6 Å². The van der Waals surface area contributed by atoms with Crippen LogP contribution in [-0.2, 0) is 32.6 Å². The van der Waals surface area contributed by atoms with Gasteiger partial charge in [0.25, 0.3) is 5.91 Å². The Hall–Kier alpha value is -3.05. The van der Waals surface area contributed by atoms with Gasteiger partial charge in [0.2, 0.25) is 11.8 Å². The van der Waals surface area contributed by atoms with Gasteiger partial charge in [0, 0.05) is 17.3 Å². The third kappa shape index (κ3) is 4.42. The lowest BCUT2D eigenvalue weighted by molar-refractivity contribution is -0.137. The monoisotopic (exact) mass is 633 g/mol. The lowest BCUT2D eigenvalue weighted by Crippen LogP contribution is -2.55. The molecule has 0 aliphatic carbocycles. The van der Waals surface area contributed by atoms with Crippen molar-refractivity contribution in [2.75, 3.05) is 21.8 Å². The van der Waals surface area contributed by atoms with E-state index in [1.54, 1.807) is 59.1 Å². The number of halogens is 5. The molecule has 12 heteroatoms. The van der Waals surface area contributed by atoms with E-state index in [1.807, 2.05) is 6.26 Å². The van der Waals surface area contributed by atoms with Crippen LogP contribution in [0.2, 0.25) is 10.0 Å². The van der Waals surface area contributed by atoms with Crippen LogP contribution in [0.25, 0.3) is 0 Å². The molecule has 2 fully saturated rings. The standard InChI is InChI=1S/C30H24Cl2F3N3O3S/c1-42-12-11-22-24-25(27(40)38(26(24)39)18-6-4-5-17(14-18)30(33,34)35)29(36-22)19-7-2-3-8-23(19)37(28(29)41)15-16-9-10-20(31)21(32)13-16/h2-10,13-14,22,24-25,36H,11-12,15H2,1H3/t22-,24+,25+,29-/m0/s1. The highest BCUT2D eigenvalue weighted by molar-refractivity contribution is 7.98. The quantitative estimate of drug-likeness (QED) is 0.323. The number of hydrogen-bond donors (Lipinski definition) is 1. The minimum absolute atomic E-state index is 0.127. The van der Waals surface area contributed by atoms with Gasteiger partial charge in [0.1, 0.15) is 5.54 Å². The second-order valence-electron chi connectivity index (χ2n) is 10.6. The molecule has 3 aromatic carbocycles. The average molecular weight is 635 g/mol. The number of hydrogen-bond acceptors (Lipinski definition) is 5. The number of amides is 3. The molecule has 42 heavy (non-hydrogen) atoms. The molecular weight excluding hydrogens is 610 g/mol. The highest BCUT2D eigenvalue weighted by atomic mass is 35.5. The molecule has 6 nitrogen and oxygen atoms in total. The predicted octanol–water partition coefficient (Wildman–Crippen LogP) is 6.29. The largest absolute Gasteiger partial charge is 0.416 e. The van der Waals surface area contributed by atoms with Gasteiger partial charge in [-0.25, -0.2) is 4.90 Å². The summed E-state index contributed by atoms with van der Waals surface area (Å²) in [6, 6.07) is 15.7. The first-order valence-corrected chi connectivity index (χ1v) is 15.3. The van der Waals surface area contributed by atoms with Gasteiger partial charge in [0.15, 0.2) is 0 Å². The maximum atomic E-state index is 14.6. The van der Waals surface area contributed by atoms with E-state index in [0.29, 0.717) is 39.0 Å². The van der Waals surface area contributed by atoms with Crippen molar-refractivity contribution in [2.45, 2.75) is 30.7 Å². The van der Waals surface area contributed by atoms with Crippen molar-refractivity contribution in [1.29, 1.82) is 0 Å². The SMILES string of the molecule is CSCC[C@@H]1N[C@]2(C(=O)N(Cc3ccc(Cl)c(Cl)c3)c3ccccc32)[C@H]2C(=O)N(c3cccc(C(F)(F)F)c3)C(=O)[C@H]12. The Bertz CT molecular complexity index is 1620. The van der Waals surface area contributed by atoms with Crippen molar-refractivity contribution >= 4 is 64.1 Å². The van der Waals surface area contributed by atoms with Gasteiger partial charge in [-0.05, 0) is 60.4 Å². The summed E-state index contributed by atoms with van der Waals surface area (Å²) in [7, 11) is 0. The van der Waals surface area contributed by atoms with E-state index >= 15 is 0 Å². The Morgan fingerprint density at radius 3 is 2.43 bits per heavy atom. The van der Waals surface area contributed by atoms with Crippen LogP contribution < -0.4 is 15.1 Å². The van der Waals surface area contributed by atoms with Gasteiger partial charge in [-0.2, -0.15) is 24.9 Å². The second kappa shape index (κ2) is 10.6. The van der Waals surface area contributed by atoms with Gasteiger partial charge >= 0.3 is 6.18 Å². The van der Waals surface area contributed by atoms with E-state index in [9.17, 15) is 27.6 Å². The minimum Gasteiger partial charge on any atom is -0.306 e. The lowest BCUT2D eigenvalue weighted by atomic mass is 9.76. The first-order valence-electron chi connectivity index (χ1n) is 13.2. The van der Waals surface area contributed by atoms with E-state index in [0.717, 1.165) is 17.0 Å². The van der Waals surface area contributed by atoms with E-state index in [-0.39, 0.29) is 12.2 Å². The molecule has 218 valence electrons. The first kappa shape index (κ1) is 29.0. The molecule has 0 aromatic heterocycles. The molecule has 0 radical (unpaired) electrons. The van der Waals surface area contributed by atoms with Crippen molar-refractivity contribution in [3.63, 3.8) is 0 Å². The number of rotatable bonds is 6. The molecule has 3 aromatic rings. The Kier molecular flexibility index (Phi) is 7.32. The molecule has 3 aliphatic rings. The first-order chi connectivity index (χ1) is 20.0. The molecular formula is C30H24Cl2F3N3O3S. The Labute approximate surface area is 254 Å². The van der Waals surface area contributed by atoms with Crippen LogP contribution in [0, 0.1) is 11.8 Å². The fraction of sp³-hybridized carbons (Fsp3) is 0.300. The number of benzene rings is 3. The summed E-state index contributed by atoms with van der Waals surface area (Å²) in [4.78, 5) is 45.1. The Morgan fingerprint density at radius 1 is 0.952 bits per heavy atom. The average Bonchev–Trinajstić information content (AvgIpc) is 3.52. The Morgan fingerprint density at radius 2 is 1.71 bits per heavy atom. The zero-order valence-electron chi connectivity index (χ0n) is 22.1. The van der Waals surface area contributed by atoms with Crippen LogP contribution in [-0.4, -0.2) is 35.8 Å². The normalized spacial score (nSPS) is 25.1. The smallest absolute Gasteiger partial charge is 0.306 e. The third-order valence-electron chi connectivity index (χ3n) is 8.26. The number of fused-ring (bicyclic) bond motifs is 4. The number of anilines is 2. The molecule has 0 unspecified atom stereocenters. The molecule has 6 rings (SSSR count). The fourth-order valence-electron chi connectivity index (χ4n) is 6.49. The summed E-state index contributed by atoms with van der Waals surface area (Å²) in [5, 5.41) is 4.11. The summed E-state index contributed by atoms with van der Waals surface area (Å²) in [6.07, 6.45) is -2.28. The van der Waals surface area contributed by atoms with Gasteiger partial charge in [0.05, 0.1) is 39.7 Å². The number of nitrogens with zero attached hydrogens (tertiary/aromatic N) is 2. The van der Waals surface area contributed by atoms with Crippen molar-refractivity contribution in [3.05, 3.63) is 93.5 Å². The number of carbonyl (C=O) groups excluding carboxylic acids is 3. The van der Waals surface area contributed by atoms with E-state index in [2.05, 4.69) is 5.32 Å². The topological polar surface area (TPSA) is 69.7 Å². The van der Waals surface area contributed by atoms with E-state index in [4.69, 9.17) is 23.2 Å². The lowest BCUT2D eigenvalue weighted by Gasteiger charge is -2.31. The van der Waals surface area contributed by atoms with Gasteiger partial charge < -0.3 is 4.90 Å². The number of para-hydroxylation sites is 1. The zero-order valence-corrected chi connectivity index (χ0v) is 24.4. The molecule has 2 saturated heterocycles. The maximum Gasteiger partial charge on any atom is 0.416 e. The van der Waals surface area contributed by atoms with Crippen LogP contribution in [0.4, 0.5) is 24.5 Å². The summed E-state index contributed by atoms with van der Waals surface area (Å²) < 4.78 is 40.6. The maximum absolute atomic E-state index is 14.6. The third-order valence-corrected chi connectivity index (χ3v) is 9.64. The summed E-state index contributed by atoms with van der Waals surface area (Å²) in [5.74, 6) is -3.19. The number of imide groups is 1. The van der Waals surface area contributed by atoms with E-state index in [1.165, 1.54) is 12.1 Å². The van der Waals surface area contributed by atoms with E-state index < -0.39 is 52.9 Å². The fourth-order valence-corrected chi connectivity index (χ4v) is 7.30. The summed E-state index contributed by atoms with van der Waals surface area (Å²) in [5.41, 5.74) is -0.896. The van der Waals surface area contributed by atoms with Crippen molar-refractivity contribution in [2.24, 2.45) is 11.8 Å². The van der Waals surface area contributed by atoms with Gasteiger partial charge in [-0.15, -0.1) is 0 Å². The molecule has 3 heterocycles. The molecule has 4 atom stereocenters. The highest BCUT2D eigenvalue weighted by Crippen LogP contribution is 2.56. The molecule has 3 aliphatic heterocycles. The second-order valence-corrected chi connectivity index (χ2v) is 12.4. The molecule has 0 saturated carbocycles. The van der Waals surface area contributed by atoms with Crippen LogP contribution in [0.5, 0.6) is 0 Å². The predicted molar refractivity (Wildman–Crippen MR) is 157 cm³/mol. The Balaban J connectivity index is 1.46. The van der Waals surface area contributed by atoms with Crippen molar-refractivity contribution in [3.8, 4) is 0 Å². The zero-order chi connectivity index (χ0) is 30.0. The highest BCUT2D eigenvalue weighted by Gasteiger charge is 2.71. The van der Waals surface area contributed by atoms with Crippen LogP contribution in [0.1, 0.15) is 23.1 Å². The minimum atomic E-state index is -4.66. The molecule has 0 bridgehead atoms. The molecule has 1 spiro atoms. The van der Waals surface area contributed by atoms with Crippen LogP contribution in [0.3, 0.4) is 0 Å². The number of thioether (sulfide) groups is 1. The van der Waals surface area contributed by atoms with Crippen LogP contribution in [0.15, 0.2) is 66.7 Å².